The molecule has 0 fully saturated rings. The van der Waals surface area contributed by atoms with Crippen molar-refractivity contribution in [1.29, 1.82) is 0 Å². The van der Waals surface area contributed by atoms with Crippen LogP contribution in [0, 0.1) is 0 Å². The predicted octanol–water partition coefficient (Wildman–Crippen LogP) is 2.80. The largest absolute Gasteiger partial charge is 0.442 e. The summed E-state index contributed by atoms with van der Waals surface area (Å²) in [6, 6.07) is 0. The first kappa shape index (κ1) is 8.94. The smallest absolute Gasteiger partial charge is 0.202 e. The van der Waals surface area contributed by atoms with E-state index in [0.29, 0.717) is 6.08 Å². The molecule has 0 nitrogen and oxygen atoms in total. The maximum absolute atomic E-state index is 11.6. The molecule has 0 bridgehead atoms. The van der Waals surface area contributed by atoms with Crippen molar-refractivity contribution in [3.63, 3.8) is 0 Å². The van der Waals surface area contributed by atoms with Gasteiger partial charge in [0.2, 0.25) is 5.83 Å². The van der Waals surface area contributed by atoms with Gasteiger partial charge in [-0.05, 0) is 6.08 Å². The van der Waals surface area contributed by atoms with E-state index in [9.17, 15) is 17.6 Å². The Morgan fingerprint density at radius 1 is 1.44 bits per heavy atom. The number of rotatable bonds is 1. The van der Waals surface area contributed by atoms with Crippen LogP contribution in [0.25, 0.3) is 0 Å². The first-order chi connectivity index (χ1) is 3.98. The molecule has 0 aromatic carbocycles. The lowest BCUT2D eigenvalue weighted by Crippen LogP contribution is -2.07. The van der Waals surface area contributed by atoms with Crippen molar-refractivity contribution < 1.29 is 17.6 Å². The highest BCUT2D eigenvalue weighted by atomic mass is 79.9. The Hall–Kier alpha value is -0.0600. The van der Waals surface area contributed by atoms with Crippen LogP contribution >= 0.6 is 15.9 Å². The van der Waals surface area contributed by atoms with Gasteiger partial charge in [-0.2, -0.15) is 13.2 Å². The molecule has 0 aromatic rings. The lowest BCUT2D eigenvalue weighted by molar-refractivity contribution is -0.108. The van der Waals surface area contributed by atoms with Crippen LogP contribution in [0.15, 0.2) is 11.9 Å². The first-order valence-electron chi connectivity index (χ1n) is 1.97. The lowest BCUT2D eigenvalue weighted by atomic mass is 10.5. The molecule has 0 saturated heterocycles. The van der Waals surface area contributed by atoms with Crippen molar-refractivity contribution >= 4 is 15.9 Å². The summed E-state index contributed by atoms with van der Waals surface area (Å²) in [6.45, 7) is 0. The zero-order valence-corrected chi connectivity index (χ0v) is 5.76. The van der Waals surface area contributed by atoms with Crippen LogP contribution in [-0.2, 0) is 0 Å². The fourth-order valence-electron chi connectivity index (χ4n) is 0.183. The fourth-order valence-corrected chi connectivity index (χ4v) is 0.468. The van der Waals surface area contributed by atoms with E-state index >= 15 is 0 Å². The Bertz CT molecular complexity index is 114. The molecule has 0 aliphatic rings. The molecule has 0 radical (unpaired) electrons. The lowest BCUT2D eigenvalue weighted by Gasteiger charge is -1.99. The number of allylic oxidation sites excluding steroid dienone is 2. The molecule has 0 N–H and O–H groups in total. The van der Waals surface area contributed by atoms with Gasteiger partial charge in [-0.3, -0.25) is 0 Å². The maximum atomic E-state index is 11.6. The summed E-state index contributed by atoms with van der Waals surface area (Å²) in [4.78, 5) is 0. The van der Waals surface area contributed by atoms with E-state index in [-0.39, 0.29) is 5.33 Å². The number of halogens is 5. The average Bonchev–Trinajstić information content (AvgIpc) is 1.64. The molecule has 54 valence electrons. The molecule has 0 aliphatic heterocycles. The van der Waals surface area contributed by atoms with Gasteiger partial charge in [0, 0.05) is 5.33 Å². The minimum atomic E-state index is -4.83. The third-order valence-electron chi connectivity index (χ3n) is 0.527. The van der Waals surface area contributed by atoms with E-state index in [1.165, 1.54) is 0 Å². The van der Waals surface area contributed by atoms with E-state index < -0.39 is 12.0 Å². The van der Waals surface area contributed by atoms with Crippen LogP contribution in [-0.4, -0.2) is 11.5 Å². The van der Waals surface area contributed by atoms with Crippen LogP contribution in [0.5, 0.6) is 0 Å². The van der Waals surface area contributed by atoms with Gasteiger partial charge in [-0.15, -0.1) is 0 Å². The predicted molar refractivity (Wildman–Crippen MR) is 29.0 cm³/mol. The third-order valence-corrected chi connectivity index (χ3v) is 0.851. The van der Waals surface area contributed by atoms with Gasteiger partial charge in [0.15, 0.2) is 0 Å². The molecule has 0 aromatic heterocycles. The monoisotopic (exact) mass is 206 g/mol. The van der Waals surface area contributed by atoms with Crippen molar-refractivity contribution in [2.45, 2.75) is 6.18 Å². The van der Waals surface area contributed by atoms with Crippen molar-refractivity contribution in [2.24, 2.45) is 0 Å². The molecule has 0 aliphatic carbocycles. The van der Waals surface area contributed by atoms with Crippen LogP contribution in [0.4, 0.5) is 17.6 Å². The van der Waals surface area contributed by atoms with Crippen molar-refractivity contribution in [2.75, 3.05) is 5.33 Å². The zero-order valence-electron chi connectivity index (χ0n) is 4.17. The topological polar surface area (TPSA) is 0 Å². The number of hydrogen-bond donors (Lipinski definition) is 0. The Labute approximate surface area is 57.7 Å². The van der Waals surface area contributed by atoms with Gasteiger partial charge >= 0.3 is 6.18 Å². The van der Waals surface area contributed by atoms with Crippen LogP contribution in [0.1, 0.15) is 0 Å². The Balaban J connectivity index is 4.03. The second kappa shape index (κ2) is 3.20. The van der Waals surface area contributed by atoms with Gasteiger partial charge < -0.3 is 0 Å². The van der Waals surface area contributed by atoms with Gasteiger partial charge in [0.1, 0.15) is 0 Å². The van der Waals surface area contributed by atoms with Crippen molar-refractivity contribution in [3.05, 3.63) is 11.9 Å². The summed E-state index contributed by atoms with van der Waals surface area (Å²) in [6.07, 6.45) is -4.41. The Morgan fingerprint density at radius 3 is 2.00 bits per heavy atom. The molecule has 0 unspecified atom stereocenters. The number of hydrogen-bond acceptors (Lipinski definition) is 0. The molecule has 0 rings (SSSR count). The quantitative estimate of drug-likeness (QED) is 0.458. The minimum Gasteiger partial charge on any atom is -0.202 e. The molecule has 0 spiro atoms. The highest BCUT2D eigenvalue weighted by Gasteiger charge is 2.33. The van der Waals surface area contributed by atoms with Gasteiger partial charge in [0.05, 0.1) is 0 Å². The standard InChI is InChI=1S/C4H3BrF4/c5-2-1-3(6)4(7,8)9/h1H,2H2. The van der Waals surface area contributed by atoms with Gasteiger partial charge in [0.25, 0.3) is 0 Å². The second-order valence-corrected chi connectivity index (χ2v) is 1.85. The summed E-state index contributed by atoms with van der Waals surface area (Å²) in [7, 11) is 0. The molecule has 5 heteroatoms. The molecular formula is C4H3BrF4. The summed E-state index contributed by atoms with van der Waals surface area (Å²) < 4.78 is 45.1. The van der Waals surface area contributed by atoms with Gasteiger partial charge in [-0.25, -0.2) is 4.39 Å². The summed E-state index contributed by atoms with van der Waals surface area (Å²) in [5.74, 6) is -2.06. The number of alkyl halides is 4. The van der Waals surface area contributed by atoms with E-state index in [1.807, 2.05) is 0 Å². The van der Waals surface area contributed by atoms with Gasteiger partial charge in [-0.1, -0.05) is 15.9 Å². The van der Waals surface area contributed by atoms with Crippen LogP contribution in [0.2, 0.25) is 0 Å². The third kappa shape index (κ3) is 3.51. The fraction of sp³-hybridized carbons (Fsp3) is 0.500. The van der Waals surface area contributed by atoms with Crippen molar-refractivity contribution in [3.8, 4) is 0 Å². The summed E-state index contributed by atoms with van der Waals surface area (Å²) >= 11 is 2.63. The molecule has 9 heavy (non-hydrogen) atoms. The van der Waals surface area contributed by atoms with E-state index in [1.54, 1.807) is 0 Å². The highest BCUT2D eigenvalue weighted by molar-refractivity contribution is 9.09. The second-order valence-electron chi connectivity index (χ2n) is 1.20. The van der Waals surface area contributed by atoms with E-state index in [0.717, 1.165) is 0 Å². The van der Waals surface area contributed by atoms with Crippen molar-refractivity contribution in [1.82, 2.24) is 0 Å². The highest BCUT2D eigenvalue weighted by Crippen LogP contribution is 2.26. The molecule has 0 saturated carbocycles. The van der Waals surface area contributed by atoms with E-state index in [4.69, 9.17) is 0 Å². The Morgan fingerprint density at radius 2 is 1.89 bits per heavy atom. The summed E-state index contributed by atoms with van der Waals surface area (Å²) in [5.41, 5.74) is 0. The molecule has 0 atom stereocenters. The summed E-state index contributed by atoms with van der Waals surface area (Å²) in [5, 5.41) is -0.127. The molecular weight excluding hydrogens is 204 g/mol. The minimum absolute atomic E-state index is 0.127. The normalized spacial score (nSPS) is 14.1. The maximum Gasteiger partial charge on any atom is 0.442 e. The molecule has 0 amide bonds. The SMILES string of the molecule is FC(=CCBr)C(F)(F)F. The molecule has 0 heterocycles. The first-order valence-corrected chi connectivity index (χ1v) is 3.09. The van der Waals surface area contributed by atoms with E-state index in [2.05, 4.69) is 15.9 Å². The Kier molecular flexibility index (Phi) is 3.17. The zero-order chi connectivity index (χ0) is 7.49. The average molecular weight is 207 g/mol. The van der Waals surface area contributed by atoms with Crippen LogP contribution in [0.3, 0.4) is 0 Å². The van der Waals surface area contributed by atoms with Crippen LogP contribution < -0.4 is 0 Å².